The third-order valence-electron chi connectivity index (χ3n) is 3.98. The summed E-state index contributed by atoms with van der Waals surface area (Å²) in [5.41, 5.74) is 2.34. The fourth-order valence-electron chi connectivity index (χ4n) is 2.38. The smallest absolute Gasteiger partial charge is 0.338 e. The van der Waals surface area contributed by atoms with Gasteiger partial charge in [-0.15, -0.1) is 0 Å². The van der Waals surface area contributed by atoms with Crippen LogP contribution >= 0.6 is 15.9 Å². The Hall–Kier alpha value is -3.19. The van der Waals surface area contributed by atoms with Gasteiger partial charge >= 0.3 is 5.97 Å². The first-order chi connectivity index (χ1) is 13.4. The minimum Gasteiger partial charge on any atom is -0.457 e. The van der Waals surface area contributed by atoms with Crippen molar-refractivity contribution in [3.8, 4) is 11.5 Å². The summed E-state index contributed by atoms with van der Waals surface area (Å²) in [6.45, 7) is 2.08. The second-order valence-electron chi connectivity index (χ2n) is 6.04. The zero-order valence-corrected chi connectivity index (χ0v) is 16.5. The van der Waals surface area contributed by atoms with Crippen molar-refractivity contribution >= 4 is 27.6 Å². The molecule has 0 amide bonds. The van der Waals surface area contributed by atoms with Crippen LogP contribution in [0.25, 0.3) is 0 Å². The highest BCUT2D eigenvalue weighted by Gasteiger charge is 2.09. The number of nitro benzene ring substituents is 1. The number of carbonyl (C=O) groups is 1. The van der Waals surface area contributed by atoms with E-state index in [9.17, 15) is 14.9 Å². The van der Waals surface area contributed by atoms with Crippen LogP contribution in [0.1, 0.15) is 21.5 Å². The van der Waals surface area contributed by atoms with E-state index in [1.807, 2.05) is 13.0 Å². The number of halogens is 1. The zero-order valence-electron chi connectivity index (χ0n) is 14.9. The molecule has 0 N–H and O–H groups in total. The van der Waals surface area contributed by atoms with Crippen molar-refractivity contribution in [3.05, 3.63) is 98.0 Å². The van der Waals surface area contributed by atoms with E-state index in [1.54, 1.807) is 36.4 Å². The van der Waals surface area contributed by atoms with Gasteiger partial charge in [0, 0.05) is 16.6 Å². The lowest BCUT2D eigenvalue weighted by Gasteiger charge is -2.08. The van der Waals surface area contributed by atoms with Crippen LogP contribution in [0.5, 0.6) is 11.5 Å². The summed E-state index contributed by atoms with van der Waals surface area (Å²) in [6.07, 6.45) is 0. The summed E-state index contributed by atoms with van der Waals surface area (Å²) in [4.78, 5) is 22.4. The summed E-state index contributed by atoms with van der Waals surface area (Å²) >= 11 is 3.40. The lowest BCUT2D eigenvalue weighted by molar-refractivity contribution is -0.384. The number of hydrogen-bond acceptors (Lipinski definition) is 5. The van der Waals surface area contributed by atoms with Gasteiger partial charge in [-0.2, -0.15) is 0 Å². The number of hydrogen-bond donors (Lipinski definition) is 0. The SMILES string of the molecule is Cc1ccc(C(=O)OCc2ccc(Oc3ccc([N+](=O)[O-])cc3)cc2)cc1Br. The molecular weight excluding hydrogens is 426 g/mol. The van der Waals surface area contributed by atoms with E-state index in [4.69, 9.17) is 9.47 Å². The summed E-state index contributed by atoms with van der Waals surface area (Å²) in [5, 5.41) is 10.7. The van der Waals surface area contributed by atoms with Gasteiger partial charge in [-0.25, -0.2) is 4.79 Å². The van der Waals surface area contributed by atoms with Crippen LogP contribution in [0.15, 0.2) is 71.2 Å². The molecule has 0 unspecified atom stereocenters. The number of benzene rings is 3. The van der Waals surface area contributed by atoms with E-state index in [1.165, 1.54) is 24.3 Å². The lowest BCUT2D eigenvalue weighted by atomic mass is 10.1. The van der Waals surface area contributed by atoms with E-state index in [2.05, 4.69) is 15.9 Å². The number of ether oxygens (including phenoxy) is 2. The normalized spacial score (nSPS) is 10.4. The summed E-state index contributed by atoms with van der Waals surface area (Å²) in [5.74, 6) is 0.674. The summed E-state index contributed by atoms with van der Waals surface area (Å²) < 4.78 is 11.8. The maximum absolute atomic E-state index is 12.1. The van der Waals surface area contributed by atoms with Crippen LogP contribution in [-0.4, -0.2) is 10.9 Å². The number of esters is 1. The Balaban J connectivity index is 1.57. The van der Waals surface area contributed by atoms with E-state index >= 15 is 0 Å². The molecule has 0 aliphatic rings. The highest BCUT2D eigenvalue weighted by atomic mass is 79.9. The first-order valence-electron chi connectivity index (χ1n) is 8.37. The predicted octanol–water partition coefficient (Wildman–Crippen LogP) is 5.82. The van der Waals surface area contributed by atoms with Crippen molar-refractivity contribution in [2.75, 3.05) is 0 Å². The molecule has 3 aromatic rings. The van der Waals surface area contributed by atoms with Gasteiger partial charge in [-0.3, -0.25) is 10.1 Å². The van der Waals surface area contributed by atoms with E-state index in [0.717, 1.165) is 15.6 Å². The molecule has 0 saturated carbocycles. The van der Waals surface area contributed by atoms with Crippen molar-refractivity contribution in [1.29, 1.82) is 0 Å². The minimum atomic E-state index is -0.463. The quantitative estimate of drug-likeness (QED) is 0.273. The number of nitrogens with zero attached hydrogens (tertiary/aromatic N) is 1. The summed E-state index contributed by atoms with van der Waals surface area (Å²) in [7, 11) is 0. The highest BCUT2D eigenvalue weighted by Crippen LogP contribution is 2.24. The van der Waals surface area contributed by atoms with Gasteiger partial charge in [0.15, 0.2) is 0 Å². The molecule has 28 heavy (non-hydrogen) atoms. The number of non-ortho nitro benzene ring substituents is 1. The fourth-order valence-corrected chi connectivity index (χ4v) is 2.76. The largest absolute Gasteiger partial charge is 0.457 e. The van der Waals surface area contributed by atoms with Gasteiger partial charge in [0.2, 0.25) is 0 Å². The van der Waals surface area contributed by atoms with Gasteiger partial charge in [0.1, 0.15) is 18.1 Å². The molecule has 3 rings (SSSR count). The van der Waals surface area contributed by atoms with Crippen molar-refractivity contribution < 1.29 is 19.2 Å². The molecule has 0 aliphatic carbocycles. The van der Waals surface area contributed by atoms with E-state index in [0.29, 0.717) is 17.1 Å². The predicted molar refractivity (Wildman–Crippen MR) is 108 cm³/mol. The van der Waals surface area contributed by atoms with Gasteiger partial charge in [0.05, 0.1) is 10.5 Å². The molecular formula is C21H16BrNO5. The van der Waals surface area contributed by atoms with Crippen LogP contribution in [0.4, 0.5) is 5.69 Å². The lowest BCUT2D eigenvalue weighted by Crippen LogP contribution is -2.05. The van der Waals surface area contributed by atoms with Gasteiger partial charge in [-0.05, 0) is 54.4 Å². The van der Waals surface area contributed by atoms with Crippen LogP contribution in [-0.2, 0) is 11.3 Å². The molecule has 6 nitrogen and oxygen atoms in total. The number of nitro groups is 1. The standard InChI is InChI=1S/C21H16BrNO5/c1-14-2-5-16(12-20(14)22)21(24)27-13-15-3-8-18(9-4-15)28-19-10-6-17(7-11-19)23(25)26/h2-12H,13H2,1H3. The Labute approximate surface area is 170 Å². The van der Waals surface area contributed by atoms with Crippen molar-refractivity contribution in [2.24, 2.45) is 0 Å². The molecule has 0 aromatic heterocycles. The molecule has 0 spiro atoms. The molecule has 0 bridgehead atoms. The van der Waals surface area contributed by atoms with Crippen molar-refractivity contribution in [1.82, 2.24) is 0 Å². The van der Waals surface area contributed by atoms with Crippen LogP contribution in [0.2, 0.25) is 0 Å². The molecule has 0 fully saturated rings. The van der Waals surface area contributed by atoms with Crippen molar-refractivity contribution in [3.63, 3.8) is 0 Å². The molecule has 7 heteroatoms. The maximum atomic E-state index is 12.1. The average Bonchev–Trinajstić information content (AvgIpc) is 2.69. The Morgan fingerprint density at radius 1 is 1.00 bits per heavy atom. The minimum absolute atomic E-state index is 0.00474. The van der Waals surface area contributed by atoms with Crippen LogP contribution in [0.3, 0.4) is 0 Å². The topological polar surface area (TPSA) is 78.7 Å². The Bertz CT molecular complexity index is 1000. The van der Waals surface area contributed by atoms with Crippen molar-refractivity contribution in [2.45, 2.75) is 13.5 Å². The second kappa shape index (κ2) is 8.67. The molecule has 0 saturated heterocycles. The molecule has 3 aromatic carbocycles. The number of aryl methyl sites for hydroxylation is 1. The maximum Gasteiger partial charge on any atom is 0.338 e. The first-order valence-corrected chi connectivity index (χ1v) is 9.16. The molecule has 0 aliphatic heterocycles. The molecule has 0 heterocycles. The van der Waals surface area contributed by atoms with E-state index < -0.39 is 10.9 Å². The number of rotatable bonds is 6. The third-order valence-corrected chi connectivity index (χ3v) is 4.84. The number of carbonyl (C=O) groups excluding carboxylic acids is 1. The Morgan fingerprint density at radius 3 is 2.18 bits per heavy atom. The third kappa shape index (κ3) is 4.95. The molecule has 142 valence electrons. The van der Waals surface area contributed by atoms with Gasteiger partial charge < -0.3 is 9.47 Å². The fraction of sp³-hybridized carbons (Fsp3) is 0.0952. The average molecular weight is 442 g/mol. The molecule has 0 radical (unpaired) electrons. The second-order valence-corrected chi connectivity index (χ2v) is 6.89. The van der Waals surface area contributed by atoms with Gasteiger partial charge in [-0.1, -0.05) is 34.1 Å². The molecule has 0 atom stereocenters. The van der Waals surface area contributed by atoms with Crippen LogP contribution in [0, 0.1) is 17.0 Å². The van der Waals surface area contributed by atoms with E-state index in [-0.39, 0.29) is 12.3 Å². The Morgan fingerprint density at radius 2 is 1.61 bits per heavy atom. The zero-order chi connectivity index (χ0) is 20.1. The Kier molecular flexibility index (Phi) is 6.06. The van der Waals surface area contributed by atoms with Gasteiger partial charge in [0.25, 0.3) is 5.69 Å². The first kappa shape index (κ1) is 19.6. The monoisotopic (exact) mass is 441 g/mol. The summed E-state index contributed by atoms with van der Waals surface area (Å²) in [6, 6.07) is 18.2. The highest BCUT2D eigenvalue weighted by molar-refractivity contribution is 9.10. The van der Waals surface area contributed by atoms with Crippen LogP contribution < -0.4 is 4.74 Å².